The van der Waals surface area contributed by atoms with Crippen LogP contribution in [-0.4, -0.2) is 33.9 Å². The molecule has 5 nitrogen and oxygen atoms in total. The van der Waals surface area contributed by atoms with E-state index in [-0.39, 0.29) is 30.2 Å². The quantitative estimate of drug-likeness (QED) is 0.500. The van der Waals surface area contributed by atoms with E-state index < -0.39 is 0 Å². The average molecular weight is 438 g/mol. The standard InChI is InChI=1S/C28H27N3O2/c1-2-30-25-10-6-5-9-23(25)24-16-21(11-12-26(24)30)29-28(33)20-15-27(32)31(17-20)22-13-18-7-3-4-8-19(18)14-22/h3-12,16,20,22H,2,13-15,17H2,1H3,(H,29,33). The summed E-state index contributed by atoms with van der Waals surface area (Å²) in [5.41, 5.74) is 5.80. The summed E-state index contributed by atoms with van der Waals surface area (Å²) in [6.45, 7) is 3.54. The van der Waals surface area contributed by atoms with E-state index >= 15 is 0 Å². The molecular formula is C28H27N3O2. The Kier molecular flexibility index (Phi) is 4.72. The lowest BCUT2D eigenvalue weighted by Gasteiger charge is -2.24. The van der Waals surface area contributed by atoms with Crippen LogP contribution in [0.5, 0.6) is 0 Å². The second kappa shape index (κ2) is 7.77. The third-order valence-electron chi connectivity index (χ3n) is 7.36. The Morgan fingerprint density at radius 3 is 2.36 bits per heavy atom. The fraction of sp³-hybridized carbons (Fsp3) is 0.286. The lowest BCUT2D eigenvalue weighted by Crippen LogP contribution is -2.38. The molecule has 1 saturated heterocycles. The Labute approximate surface area is 193 Å². The van der Waals surface area contributed by atoms with E-state index in [0.29, 0.717) is 6.54 Å². The summed E-state index contributed by atoms with van der Waals surface area (Å²) in [5, 5.41) is 5.42. The molecule has 0 spiro atoms. The molecule has 6 rings (SSSR count). The fourth-order valence-electron chi connectivity index (χ4n) is 5.73. The van der Waals surface area contributed by atoms with Crippen molar-refractivity contribution >= 4 is 39.3 Å². The molecule has 1 aliphatic carbocycles. The van der Waals surface area contributed by atoms with Gasteiger partial charge < -0.3 is 14.8 Å². The molecule has 33 heavy (non-hydrogen) atoms. The molecule has 1 atom stereocenters. The van der Waals surface area contributed by atoms with Crippen LogP contribution in [0.15, 0.2) is 66.7 Å². The number of hydrogen-bond acceptors (Lipinski definition) is 2. The summed E-state index contributed by atoms with van der Waals surface area (Å²) in [6, 6.07) is 23.0. The number of nitrogens with one attached hydrogen (secondary N) is 1. The summed E-state index contributed by atoms with van der Waals surface area (Å²) in [4.78, 5) is 27.8. The van der Waals surface area contributed by atoms with Crippen molar-refractivity contribution in [3.63, 3.8) is 0 Å². The van der Waals surface area contributed by atoms with Crippen LogP contribution in [0, 0.1) is 5.92 Å². The van der Waals surface area contributed by atoms with Crippen molar-refractivity contribution in [3.8, 4) is 0 Å². The highest BCUT2D eigenvalue weighted by Gasteiger charge is 2.39. The summed E-state index contributed by atoms with van der Waals surface area (Å²) in [6.07, 6.45) is 2.05. The van der Waals surface area contributed by atoms with Gasteiger partial charge in [-0.3, -0.25) is 9.59 Å². The second-order valence-corrected chi connectivity index (χ2v) is 9.26. The van der Waals surface area contributed by atoms with Gasteiger partial charge in [0.05, 0.1) is 5.92 Å². The average Bonchev–Trinajstić information content (AvgIpc) is 3.51. The lowest BCUT2D eigenvalue weighted by molar-refractivity contribution is -0.129. The molecule has 1 N–H and O–H groups in total. The topological polar surface area (TPSA) is 54.3 Å². The molecule has 2 heterocycles. The molecule has 4 aromatic rings. The molecule has 1 aromatic heterocycles. The highest BCUT2D eigenvalue weighted by molar-refractivity contribution is 6.10. The van der Waals surface area contributed by atoms with Crippen molar-refractivity contribution in [2.75, 3.05) is 11.9 Å². The zero-order chi connectivity index (χ0) is 22.5. The van der Waals surface area contributed by atoms with Gasteiger partial charge in [0, 0.05) is 53.0 Å². The molecule has 0 bridgehead atoms. The number of benzene rings is 3. The van der Waals surface area contributed by atoms with Crippen LogP contribution < -0.4 is 5.32 Å². The molecule has 1 unspecified atom stereocenters. The fourth-order valence-corrected chi connectivity index (χ4v) is 5.73. The highest BCUT2D eigenvalue weighted by Crippen LogP contribution is 2.33. The number of aromatic nitrogens is 1. The minimum atomic E-state index is -0.311. The van der Waals surface area contributed by atoms with Crippen LogP contribution in [0.25, 0.3) is 21.8 Å². The summed E-state index contributed by atoms with van der Waals surface area (Å²) < 4.78 is 2.30. The number of para-hydroxylation sites is 1. The van der Waals surface area contributed by atoms with E-state index in [9.17, 15) is 9.59 Å². The van der Waals surface area contributed by atoms with Gasteiger partial charge >= 0.3 is 0 Å². The maximum absolute atomic E-state index is 13.1. The number of carbonyl (C=O) groups excluding carboxylic acids is 2. The Morgan fingerprint density at radius 1 is 0.909 bits per heavy atom. The monoisotopic (exact) mass is 437 g/mol. The molecule has 5 heteroatoms. The number of amides is 2. The Hall–Kier alpha value is -3.60. The number of anilines is 1. The molecule has 1 fully saturated rings. The second-order valence-electron chi connectivity index (χ2n) is 9.26. The largest absolute Gasteiger partial charge is 0.341 e. The normalized spacial score (nSPS) is 18.4. The van der Waals surface area contributed by atoms with E-state index in [0.717, 1.165) is 30.5 Å². The zero-order valence-corrected chi connectivity index (χ0v) is 18.8. The minimum Gasteiger partial charge on any atom is -0.341 e. The van der Waals surface area contributed by atoms with Crippen molar-refractivity contribution in [3.05, 3.63) is 77.9 Å². The van der Waals surface area contributed by atoms with Gasteiger partial charge in [-0.1, -0.05) is 42.5 Å². The minimum absolute atomic E-state index is 0.0695. The van der Waals surface area contributed by atoms with Gasteiger partial charge in [0.2, 0.25) is 11.8 Å². The maximum atomic E-state index is 13.1. The van der Waals surface area contributed by atoms with Crippen molar-refractivity contribution in [2.24, 2.45) is 5.92 Å². The molecular weight excluding hydrogens is 410 g/mol. The number of nitrogens with zero attached hydrogens (tertiary/aromatic N) is 2. The van der Waals surface area contributed by atoms with Gasteiger partial charge in [-0.25, -0.2) is 0 Å². The van der Waals surface area contributed by atoms with Crippen LogP contribution >= 0.6 is 0 Å². The SMILES string of the molecule is CCn1c2ccccc2c2cc(NC(=O)C3CC(=O)N(C4Cc5ccccc5C4)C3)ccc21. The van der Waals surface area contributed by atoms with Gasteiger partial charge in [0.25, 0.3) is 0 Å². The van der Waals surface area contributed by atoms with Gasteiger partial charge in [0.15, 0.2) is 0 Å². The molecule has 1 aliphatic heterocycles. The number of rotatable bonds is 4. The van der Waals surface area contributed by atoms with Gasteiger partial charge in [-0.05, 0) is 55.2 Å². The lowest BCUT2D eigenvalue weighted by atomic mass is 10.1. The molecule has 166 valence electrons. The van der Waals surface area contributed by atoms with E-state index in [1.54, 1.807) is 0 Å². The molecule has 2 amide bonds. The maximum Gasteiger partial charge on any atom is 0.229 e. The van der Waals surface area contributed by atoms with Crippen LogP contribution in [0.3, 0.4) is 0 Å². The van der Waals surface area contributed by atoms with Crippen molar-refractivity contribution in [1.82, 2.24) is 9.47 Å². The zero-order valence-electron chi connectivity index (χ0n) is 18.8. The van der Waals surface area contributed by atoms with E-state index in [4.69, 9.17) is 0 Å². The number of fused-ring (bicyclic) bond motifs is 4. The van der Waals surface area contributed by atoms with E-state index in [1.165, 1.54) is 27.5 Å². The number of likely N-dealkylation sites (tertiary alicyclic amines) is 1. The molecule has 0 saturated carbocycles. The van der Waals surface area contributed by atoms with Gasteiger partial charge in [-0.15, -0.1) is 0 Å². The first-order chi connectivity index (χ1) is 16.1. The summed E-state index contributed by atoms with van der Waals surface area (Å²) in [7, 11) is 0. The van der Waals surface area contributed by atoms with Gasteiger partial charge in [0.1, 0.15) is 0 Å². The smallest absolute Gasteiger partial charge is 0.229 e. The predicted molar refractivity (Wildman–Crippen MR) is 131 cm³/mol. The molecule has 3 aromatic carbocycles. The highest BCUT2D eigenvalue weighted by atomic mass is 16.2. The van der Waals surface area contributed by atoms with E-state index in [1.807, 2.05) is 17.0 Å². The number of carbonyl (C=O) groups is 2. The first-order valence-corrected chi connectivity index (χ1v) is 11.8. The van der Waals surface area contributed by atoms with Crippen molar-refractivity contribution in [2.45, 2.75) is 38.8 Å². The molecule has 2 aliphatic rings. The van der Waals surface area contributed by atoms with Crippen LogP contribution in [0.1, 0.15) is 24.5 Å². The van der Waals surface area contributed by atoms with Crippen molar-refractivity contribution < 1.29 is 9.59 Å². The van der Waals surface area contributed by atoms with Crippen LogP contribution in [0.4, 0.5) is 5.69 Å². The van der Waals surface area contributed by atoms with Gasteiger partial charge in [-0.2, -0.15) is 0 Å². The Morgan fingerprint density at radius 2 is 1.61 bits per heavy atom. The van der Waals surface area contributed by atoms with Crippen LogP contribution in [0.2, 0.25) is 0 Å². The number of hydrogen-bond donors (Lipinski definition) is 1. The van der Waals surface area contributed by atoms with Crippen molar-refractivity contribution in [1.29, 1.82) is 0 Å². The first kappa shape index (κ1) is 20.0. The predicted octanol–water partition coefficient (Wildman–Crippen LogP) is 4.77. The Bertz CT molecular complexity index is 1380. The molecule has 0 radical (unpaired) electrons. The third-order valence-corrected chi connectivity index (χ3v) is 7.36. The third kappa shape index (κ3) is 3.30. The summed E-state index contributed by atoms with van der Waals surface area (Å²) in [5.74, 6) is -0.289. The van der Waals surface area contributed by atoms with Crippen LogP contribution in [-0.2, 0) is 29.0 Å². The number of aryl methyl sites for hydroxylation is 1. The Balaban J connectivity index is 1.20. The van der Waals surface area contributed by atoms with E-state index in [2.05, 4.69) is 71.4 Å². The first-order valence-electron chi connectivity index (χ1n) is 11.8. The summed E-state index contributed by atoms with van der Waals surface area (Å²) >= 11 is 0.